The zero-order chi connectivity index (χ0) is 14.4. The molecule has 104 valence electrons. The normalized spacial score (nSPS) is 9.90. The molecule has 0 N–H and O–H groups in total. The van der Waals surface area contributed by atoms with E-state index in [0.717, 1.165) is 11.8 Å². The molecule has 2 rings (SSSR count). The molecule has 2 aromatic carbocycles. The number of ether oxygens (including phenoxy) is 3. The van der Waals surface area contributed by atoms with Crippen molar-refractivity contribution in [3.8, 4) is 17.2 Å². The molecule has 0 atom stereocenters. The average Bonchev–Trinajstić information content (AvgIpc) is 2.52. The van der Waals surface area contributed by atoms with Gasteiger partial charge in [0.2, 0.25) is 0 Å². The lowest BCUT2D eigenvalue weighted by Gasteiger charge is -2.13. The Morgan fingerprint density at radius 1 is 1.05 bits per heavy atom. The molecule has 2 aromatic rings. The van der Waals surface area contributed by atoms with Gasteiger partial charge in [0.25, 0.3) is 0 Å². The maximum absolute atomic E-state index is 11.1. The Morgan fingerprint density at radius 3 is 2.40 bits per heavy atom. The van der Waals surface area contributed by atoms with Gasteiger partial charge >= 0.3 is 0 Å². The monoisotopic (exact) mass is 272 g/mol. The second kappa shape index (κ2) is 6.61. The van der Waals surface area contributed by atoms with Crippen LogP contribution in [0.3, 0.4) is 0 Å². The van der Waals surface area contributed by atoms with Crippen molar-refractivity contribution in [2.45, 2.75) is 6.61 Å². The molecule has 0 bridgehead atoms. The van der Waals surface area contributed by atoms with Crippen LogP contribution < -0.4 is 14.2 Å². The Balaban J connectivity index is 2.22. The van der Waals surface area contributed by atoms with E-state index in [2.05, 4.69) is 0 Å². The van der Waals surface area contributed by atoms with Crippen molar-refractivity contribution >= 4 is 6.29 Å². The number of carbonyl (C=O) groups is 1. The van der Waals surface area contributed by atoms with Crippen LogP contribution in [0.2, 0.25) is 0 Å². The standard InChI is InChI=1S/C16H16O4/c1-18-15-9-14(8-13(10-17)16(15)19-2)20-11-12-6-4-3-5-7-12/h3-10H,11H2,1-2H3. The molecule has 0 amide bonds. The number of carbonyl (C=O) groups excluding carboxylic acids is 1. The Bertz CT molecular complexity index is 579. The van der Waals surface area contributed by atoms with E-state index in [9.17, 15) is 4.79 Å². The van der Waals surface area contributed by atoms with Crippen molar-refractivity contribution in [1.82, 2.24) is 0 Å². The van der Waals surface area contributed by atoms with E-state index in [1.54, 1.807) is 12.1 Å². The van der Waals surface area contributed by atoms with Gasteiger partial charge in [-0.2, -0.15) is 0 Å². The highest BCUT2D eigenvalue weighted by atomic mass is 16.5. The van der Waals surface area contributed by atoms with Crippen LogP contribution in [0.4, 0.5) is 0 Å². The highest BCUT2D eigenvalue weighted by Gasteiger charge is 2.12. The molecule has 0 aliphatic heterocycles. The quantitative estimate of drug-likeness (QED) is 0.758. The summed E-state index contributed by atoms with van der Waals surface area (Å²) in [6.45, 7) is 0.425. The van der Waals surface area contributed by atoms with Crippen LogP contribution in [0, 0.1) is 0 Å². The Labute approximate surface area is 117 Å². The van der Waals surface area contributed by atoms with Crippen molar-refractivity contribution in [3.05, 3.63) is 53.6 Å². The molecular weight excluding hydrogens is 256 g/mol. The smallest absolute Gasteiger partial charge is 0.171 e. The van der Waals surface area contributed by atoms with Gasteiger partial charge in [-0.05, 0) is 11.6 Å². The average molecular weight is 272 g/mol. The highest BCUT2D eigenvalue weighted by molar-refractivity contribution is 5.82. The third kappa shape index (κ3) is 3.09. The molecule has 20 heavy (non-hydrogen) atoms. The molecule has 0 heterocycles. The van der Waals surface area contributed by atoms with Crippen LogP contribution in [0.15, 0.2) is 42.5 Å². The van der Waals surface area contributed by atoms with Crippen LogP contribution in [0.1, 0.15) is 15.9 Å². The van der Waals surface area contributed by atoms with E-state index in [1.807, 2.05) is 30.3 Å². The van der Waals surface area contributed by atoms with E-state index in [-0.39, 0.29) is 0 Å². The largest absolute Gasteiger partial charge is 0.493 e. The summed E-state index contributed by atoms with van der Waals surface area (Å²) in [6.07, 6.45) is 0.719. The zero-order valence-electron chi connectivity index (χ0n) is 11.5. The van der Waals surface area contributed by atoms with Gasteiger partial charge in [-0.3, -0.25) is 4.79 Å². The van der Waals surface area contributed by atoms with Gasteiger partial charge in [-0.1, -0.05) is 30.3 Å². The lowest BCUT2D eigenvalue weighted by atomic mass is 10.2. The van der Waals surface area contributed by atoms with Crippen molar-refractivity contribution in [3.63, 3.8) is 0 Å². The van der Waals surface area contributed by atoms with E-state index in [4.69, 9.17) is 14.2 Å². The Kier molecular flexibility index (Phi) is 4.60. The Morgan fingerprint density at radius 2 is 1.80 bits per heavy atom. The van der Waals surface area contributed by atoms with Gasteiger partial charge in [0.1, 0.15) is 12.4 Å². The summed E-state index contributed by atoms with van der Waals surface area (Å²) in [6, 6.07) is 13.1. The van der Waals surface area contributed by atoms with Gasteiger partial charge in [-0.15, -0.1) is 0 Å². The molecule has 4 nitrogen and oxygen atoms in total. The number of benzene rings is 2. The number of hydrogen-bond acceptors (Lipinski definition) is 4. The topological polar surface area (TPSA) is 44.8 Å². The van der Waals surface area contributed by atoms with E-state index in [1.165, 1.54) is 14.2 Å². The summed E-state index contributed by atoms with van der Waals surface area (Å²) in [4.78, 5) is 11.1. The first-order valence-electron chi connectivity index (χ1n) is 6.16. The van der Waals surface area contributed by atoms with Crippen molar-refractivity contribution in [1.29, 1.82) is 0 Å². The second-order valence-corrected chi connectivity index (χ2v) is 4.14. The van der Waals surface area contributed by atoms with Crippen LogP contribution in [0.5, 0.6) is 17.2 Å². The van der Waals surface area contributed by atoms with Gasteiger partial charge in [0, 0.05) is 6.07 Å². The van der Waals surface area contributed by atoms with Gasteiger partial charge in [-0.25, -0.2) is 0 Å². The minimum atomic E-state index is 0.398. The van der Waals surface area contributed by atoms with Gasteiger partial charge < -0.3 is 14.2 Å². The SMILES string of the molecule is COc1cc(OCc2ccccc2)cc(C=O)c1OC. The molecule has 0 spiro atoms. The van der Waals surface area contributed by atoms with E-state index in [0.29, 0.717) is 29.4 Å². The molecule has 0 unspecified atom stereocenters. The summed E-state index contributed by atoms with van der Waals surface area (Å²) >= 11 is 0. The van der Waals surface area contributed by atoms with E-state index < -0.39 is 0 Å². The van der Waals surface area contributed by atoms with Crippen LogP contribution in [0.25, 0.3) is 0 Å². The maximum atomic E-state index is 11.1. The summed E-state index contributed by atoms with van der Waals surface area (Å²) in [5, 5.41) is 0. The molecule has 0 aliphatic rings. The maximum Gasteiger partial charge on any atom is 0.171 e. The van der Waals surface area contributed by atoms with Crippen LogP contribution in [-0.4, -0.2) is 20.5 Å². The first-order chi connectivity index (χ1) is 9.78. The molecular formula is C16H16O4. The summed E-state index contributed by atoms with van der Waals surface area (Å²) < 4.78 is 16.1. The van der Waals surface area contributed by atoms with E-state index >= 15 is 0 Å². The molecule has 0 aromatic heterocycles. The first-order valence-corrected chi connectivity index (χ1v) is 6.16. The Hall–Kier alpha value is -2.49. The van der Waals surface area contributed by atoms with Gasteiger partial charge in [0.15, 0.2) is 17.8 Å². The van der Waals surface area contributed by atoms with Crippen molar-refractivity contribution < 1.29 is 19.0 Å². The number of aldehydes is 1. The predicted octanol–water partition coefficient (Wildman–Crippen LogP) is 3.10. The summed E-state index contributed by atoms with van der Waals surface area (Å²) in [7, 11) is 3.02. The molecule has 0 saturated heterocycles. The predicted molar refractivity (Wildman–Crippen MR) is 75.7 cm³/mol. The second-order valence-electron chi connectivity index (χ2n) is 4.14. The molecule has 0 aliphatic carbocycles. The fraction of sp³-hybridized carbons (Fsp3) is 0.188. The minimum Gasteiger partial charge on any atom is -0.493 e. The van der Waals surface area contributed by atoms with Gasteiger partial charge in [0.05, 0.1) is 19.8 Å². The van der Waals surface area contributed by atoms with Crippen molar-refractivity contribution in [2.24, 2.45) is 0 Å². The van der Waals surface area contributed by atoms with Crippen molar-refractivity contribution in [2.75, 3.05) is 14.2 Å². The number of hydrogen-bond donors (Lipinski definition) is 0. The molecule has 0 saturated carbocycles. The minimum absolute atomic E-state index is 0.398. The van der Waals surface area contributed by atoms with Crippen LogP contribution in [-0.2, 0) is 6.61 Å². The van der Waals surface area contributed by atoms with Crippen LogP contribution >= 0.6 is 0 Å². The third-order valence-electron chi connectivity index (χ3n) is 2.86. The highest BCUT2D eigenvalue weighted by Crippen LogP contribution is 2.34. The number of methoxy groups -OCH3 is 2. The lowest BCUT2D eigenvalue weighted by Crippen LogP contribution is -1.99. The fourth-order valence-corrected chi connectivity index (χ4v) is 1.88. The first kappa shape index (κ1) is 13.9. The summed E-state index contributed by atoms with van der Waals surface area (Å²) in [5.41, 5.74) is 1.45. The third-order valence-corrected chi connectivity index (χ3v) is 2.86. The lowest BCUT2D eigenvalue weighted by molar-refractivity contribution is 0.111. The fourth-order valence-electron chi connectivity index (χ4n) is 1.88. The molecule has 4 heteroatoms. The molecule has 0 radical (unpaired) electrons. The molecule has 0 fully saturated rings. The summed E-state index contributed by atoms with van der Waals surface area (Å²) in [5.74, 6) is 1.45. The zero-order valence-corrected chi connectivity index (χ0v) is 11.5. The number of rotatable bonds is 6.